The van der Waals surface area contributed by atoms with Crippen molar-refractivity contribution in [2.75, 3.05) is 7.11 Å². The van der Waals surface area contributed by atoms with Crippen molar-refractivity contribution in [1.29, 1.82) is 0 Å². The van der Waals surface area contributed by atoms with Crippen molar-refractivity contribution in [1.82, 2.24) is 15.0 Å². The Balaban J connectivity index is 0.000000556. The summed E-state index contributed by atoms with van der Waals surface area (Å²) in [5.41, 5.74) is 3.94. The minimum atomic E-state index is -0.325. The number of H-pyrrole nitrogens is 1. The van der Waals surface area contributed by atoms with Crippen LogP contribution in [-0.2, 0) is 9.53 Å². The van der Waals surface area contributed by atoms with Crippen LogP contribution in [0.5, 0.6) is 5.88 Å². The molecule has 0 saturated heterocycles. The van der Waals surface area contributed by atoms with Gasteiger partial charge in [-0.1, -0.05) is 42.8 Å². The Morgan fingerprint density at radius 3 is 2.28 bits per heavy atom. The van der Waals surface area contributed by atoms with Crippen molar-refractivity contribution in [3.8, 4) is 39.7 Å². The predicted octanol–water partition coefficient (Wildman–Crippen LogP) is 6.84. The molecule has 2 heterocycles. The molecule has 1 aliphatic carbocycles. The molecular weight excluding hydrogens is 457 g/mol. The van der Waals surface area contributed by atoms with E-state index in [9.17, 15) is 9.18 Å². The van der Waals surface area contributed by atoms with Crippen LogP contribution >= 0.6 is 0 Å². The van der Waals surface area contributed by atoms with E-state index in [0.29, 0.717) is 17.3 Å². The van der Waals surface area contributed by atoms with Gasteiger partial charge in [0.1, 0.15) is 17.7 Å². The van der Waals surface area contributed by atoms with Gasteiger partial charge in [-0.2, -0.15) is 0 Å². The molecule has 5 rings (SSSR count). The van der Waals surface area contributed by atoms with Gasteiger partial charge in [-0.15, -0.1) is 0 Å². The molecule has 6 nitrogen and oxygen atoms in total. The monoisotopic (exact) mass is 487 g/mol. The fourth-order valence-corrected chi connectivity index (χ4v) is 4.08. The van der Waals surface area contributed by atoms with E-state index < -0.39 is 0 Å². The molecule has 0 bridgehead atoms. The number of hydrogen-bond donors (Lipinski definition) is 1. The number of carbonyl (C=O) groups is 1. The molecule has 4 aromatic rings. The minimum absolute atomic E-state index is 0.245. The Bertz CT molecular complexity index is 1270. The molecule has 2 aromatic heterocycles. The molecule has 0 atom stereocenters. The Hall–Kier alpha value is -4.00. The number of aromatic nitrogens is 3. The lowest BCUT2D eigenvalue weighted by Gasteiger charge is -2.22. The fourth-order valence-electron chi connectivity index (χ4n) is 4.08. The Kier molecular flexibility index (Phi) is 8.44. The summed E-state index contributed by atoms with van der Waals surface area (Å²) in [5, 5.41) is 0. The SMILES string of the molecule is COC(C)=O.Fc1cc(-c2ccc(OC3CCCCC3)nc2)ccc1-c1ncc(-c2ccccc2)[nH]1. The minimum Gasteiger partial charge on any atom is -0.474 e. The first kappa shape index (κ1) is 25.1. The molecule has 0 unspecified atom stereocenters. The third-order valence-electron chi connectivity index (χ3n) is 6.08. The molecule has 1 aliphatic rings. The number of rotatable bonds is 5. The number of imidazole rings is 1. The van der Waals surface area contributed by atoms with E-state index >= 15 is 0 Å². The number of nitrogens with one attached hydrogen (secondary N) is 1. The lowest BCUT2D eigenvalue weighted by Crippen LogP contribution is -2.20. The average Bonchev–Trinajstić information content (AvgIpc) is 3.41. The van der Waals surface area contributed by atoms with E-state index in [4.69, 9.17) is 4.74 Å². The summed E-state index contributed by atoms with van der Waals surface area (Å²) >= 11 is 0. The lowest BCUT2D eigenvalue weighted by molar-refractivity contribution is -0.137. The van der Waals surface area contributed by atoms with Crippen LogP contribution in [0.3, 0.4) is 0 Å². The largest absolute Gasteiger partial charge is 0.474 e. The number of aromatic amines is 1. The number of esters is 1. The van der Waals surface area contributed by atoms with Gasteiger partial charge < -0.3 is 14.5 Å². The third-order valence-corrected chi connectivity index (χ3v) is 6.08. The van der Waals surface area contributed by atoms with E-state index in [2.05, 4.69) is 19.7 Å². The summed E-state index contributed by atoms with van der Waals surface area (Å²) < 4.78 is 25.0. The van der Waals surface area contributed by atoms with Gasteiger partial charge in [0.05, 0.1) is 24.6 Å². The Morgan fingerprint density at radius 2 is 1.64 bits per heavy atom. The highest BCUT2D eigenvalue weighted by Gasteiger charge is 2.16. The number of pyridine rings is 1. The summed E-state index contributed by atoms with van der Waals surface area (Å²) in [7, 11) is 1.35. The van der Waals surface area contributed by atoms with Gasteiger partial charge in [0.15, 0.2) is 0 Å². The zero-order valence-corrected chi connectivity index (χ0v) is 20.5. The zero-order valence-electron chi connectivity index (χ0n) is 20.5. The standard InChI is InChI=1S/C26H24FN3O.C3H6O2/c27-23-15-19(20-12-14-25(28-16-20)31-21-9-5-2-6-10-21)11-13-22(23)26-29-17-24(30-26)18-7-3-1-4-8-18;1-3(4)5-2/h1,3-4,7-8,11-17,21H,2,5-6,9-10H2,(H,29,30);1-2H3. The van der Waals surface area contributed by atoms with Gasteiger partial charge in [0, 0.05) is 24.8 Å². The Labute approximate surface area is 210 Å². The highest BCUT2D eigenvalue weighted by atomic mass is 19.1. The van der Waals surface area contributed by atoms with Crippen molar-refractivity contribution < 1.29 is 18.7 Å². The molecule has 0 aliphatic heterocycles. The van der Waals surface area contributed by atoms with Crippen molar-refractivity contribution >= 4 is 5.97 Å². The summed E-state index contributed by atoms with van der Waals surface area (Å²) in [6.45, 7) is 1.36. The second-order valence-electron chi connectivity index (χ2n) is 8.66. The highest BCUT2D eigenvalue weighted by molar-refractivity contribution is 5.70. The van der Waals surface area contributed by atoms with Crippen molar-refractivity contribution in [3.05, 3.63) is 78.9 Å². The molecule has 36 heavy (non-hydrogen) atoms. The normalized spacial score (nSPS) is 13.4. The van der Waals surface area contributed by atoms with Gasteiger partial charge >= 0.3 is 5.97 Å². The first-order valence-corrected chi connectivity index (χ1v) is 12.1. The summed E-state index contributed by atoms with van der Waals surface area (Å²) in [6.07, 6.45) is 9.65. The smallest absolute Gasteiger partial charge is 0.302 e. The zero-order chi connectivity index (χ0) is 25.3. The fraction of sp³-hybridized carbons (Fsp3) is 0.276. The second kappa shape index (κ2) is 12.1. The summed E-state index contributed by atoms with van der Waals surface area (Å²) in [6, 6.07) is 18.8. The summed E-state index contributed by atoms with van der Waals surface area (Å²) in [4.78, 5) is 21.6. The molecule has 0 amide bonds. The van der Waals surface area contributed by atoms with E-state index in [-0.39, 0.29) is 17.9 Å². The maximum Gasteiger partial charge on any atom is 0.302 e. The molecule has 7 heteroatoms. The maximum atomic E-state index is 14.9. The molecule has 1 saturated carbocycles. The third kappa shape index (κ3) is 6.56. The number of halogens is 1. The molecule has 0 radical (unpaired) electrons. The number of methoxy groups -OCH3 is 1. The number of benzene rings is 2. The van der Waals surface area contributed by atoms with E-state index in [1.165, 1.54) is 39.4 Å². The first-order valence-electron chi connectivity index (χ1n) is 12.1. The van der Waals surface area contributed by atoms with Crippen LogP contribution < -0.4 is 4.74 Å². The summed E-state index contributed by atoms with van der Waals surface area (Å²) in [5.74, 6) is 0.577. The van der Waals surface area contributed by atoms with Gasteiger partial charge in [0.2, 0.25) is 5.88 Å². The van der Waals surface area contributed by atoms with Crippen LogP contribution in [0.15, 0.2) is 73.1 Å². The van der Waals surface area contributed by atoms with E-state index in [1.807, 2.05) is 48.5 Å². The molecule has 0 spiro atoms. The number of carbonyl (C=O) groups excluding carboxylic acids is 1. The molecule has 186 valence electrons. The van der Waals surface area contributed by atoms with E-state index in [1.54, 1.807) is 18.5 Å². The van der Waals surface area contributed by atoms with Crippen molar-refractivity contribution in [2.45, 2.75) is 45.1 Å². The van der Waals surface area contributed by atoms with Crippen LogP contribution in [0.25, 0.3) is 33.8 Å². The second-order valence-corrected chi connectivity index (χ2v) is 8.66. The van der Waals surface area contributed by atoms with Gasteiger partial charge in [-0.25, -0.2) is 14.4 Å². The molecule has 1 fully saturated rings. The lowest BCUT2D eigenvalue weighted by atomic mass is 9.98. The average molecular weight is 488 g/mol. The quantitative estimate of drug-likeness (QED) is 0.312. The van der Waals surface area contributed by atoms with Crippen LogP contribution in [-0.4, -0.2) is 34.1 Å². The molecule has 2 aromatic carbocycles. The van der Waals surface area contributed by atoms with Crippen LogP contribution in [0.4, 0.5) is 4.39 Å². The van der Waals surface area contributed by atoms with Crippen molar-refractivity contribution in [3.63, 3.8) is 0 Å². The molecular formula is C29H30FN3O3. The first-order chi connectivity index (χ1) is 17.5. The molecule has 1 N–H and O–H groups in total. The van der Waals surface area contributed by atoms with E-state index in [0.717, 1.165) is 35.2 Å². The van der Waals surface area contributed by atoms with Crippen LogP contribution in [0.1, 0.15) is 39.0 Å². The van der Waals surface area contributed by atoms with Gasteiger partial charge in [-0.3, -0.25) is 4.79 Å². The number of nitrogens with zero attached hydrogens (tertiary/aromatic N) is 2. The van der Waals surface area contributed by atoms with Crippen LogP contribution in [0.2, 0.25) is 0 Å². The number of ether oxygens (including phenoxy) is 2. The number of hydrogen-bond acceptors (Lipinski definition) is 5. The van der Waals surface area contributed by atoms with Crippen LogP contribution in [0, 0.1) is 5.82 Å². The van der Waals surface area contributed by atoms with Gasteiger partial charge in [-0.05, 0) is 55.0 Å². The van der Waals surface area contributed by atoms with Crippen molar-refractivity contribution in [2.24, 2.45) is 0 Å². The predicted molar refractivity (Wildman–Crippen MR) is 138 cm³/mol. The maximum absolute atomic E-state index is 14.9. The highest BCUT2D eigenvalue weighted by Crippen LogP contribution is 2.29. The Morgan fingerprint density at radius 1 is 0.917 bits per heavy atom. The van der Waals surface area contributed by atoms with Gasteiger partial charge in [0.25, 0.3) is 0 Å². The topological polar surface area (TPSA) is 77.1 Å².